The van der Waals surface area contributed by atoms with Crippen LogP contribution in [0.15, 0.2) is 30.6 Å². The molecule has 1 aliphatic rings. The first kappa shape index (κ1) is 17.1. The maximum atomic E-state index is 13.6. The number of carbonyl (C=O) groups is 1. The van der Waals surface area contributed by atoms with E-state index in [9.17, 15) is 13.6 Å². The Morgan fingerprint density at radius 3 is 2.84 bits per heavy atom. The molecule has 0 unspecified atom stereocenters. The Labute approximate surface area is 144 Å². The largest absolute Gasteiger partial charge is 0.370 e. The van der Waals surface area contributed by atoms with E-state index in [0.717, 1.165) is 12.1 Å². The van der Waals surface area contributed by atoms with Gasteiger partial charge in [0.1, 0.15) is 29.6 Å². The Balaban J connectivity index is 1.60. The Hall–Kier alpha value is -2.77. The molecule has 0 atom stereocenters. The highest BCUT2D eigenvalue weighted by atomic mass is 19.1. The van der Waals surface area contributed by atoms with E-state index in [1.165, 1.54) is 12.4 Å². The number of hydrogen-bond donors (Lipinski definition) is 1. The van der Waals surface area contributed by atoms with Crippen molar-refractivity contribution in [3.05, 3.63) is 47.8 Å². The molecule has 132 valence electrons. The minimum absolute atomic E-state index is 0.0425. The number of nitrogens with one attached hydrogen (secondary N) is 1. The van der Waals surface area contributed by atoms with Crippen molar-refractivity contribution in [1.29, 1.82) is 0 Å². The predicted molar refractivity (Wildman–Crippen MR) is 90.4 cm³/mol. The molecular weight excluding hydrogens is 328 g/mol. The summed E-state index contributed by atoms with van der Waals surface area (Å²) in [6, 6.07) is 5.16. The molecule has 1 saturated heterocycles. The fraction of sp³-hybridized carbons (Fsp3) is 0.353. The van der Waals surface area contributed by atoms with Crippen LogP contribution in [-0.2, 0) is 11.2 Å². The molecule has 0 saturated carbocycles. The third-order valence-corrected chi connectivity index (χ3v) is 4.14. The Morgan fingerprint density at radius 2 is 2.04 bits per heavy atom. The first-order chi connectivity index (χ1) is 12.0. The molecule has 1 amide bonds. The maximum Gasteiger partial charge on any atom is 0.241 e. The number of carbonyl (C=O) groups excluding carboxylic acids is 1. The van der Waals surface area contributed by atoms with Gasteiger partial charge in [-0.2, -0.15) is 0 Å². The van der Waals surface area contributed by atoms with E-state index in [2.05, 4.69) is 15.3 Å². The summed E-state index contributed by atoms with van der Waals surface area (Å²) in [7, 11) is 1.78. The zero-order valence-electron chi connectivity index (χ0n) is 13.9. The normalized spacial score (nSPS) is 14.8. The molecule has 1 aliphatic heterocycles. The summed E-state index contributed by atoms with van der Waals surface area (Å²) in [6.45, 7) is 2.03. The van der Waals surface area contributed by atoms with Crippen molar-refractivity contribution in [3.63, 3.8) is 0 Å². The van der Waals surface area contributed by atoms with Gasteiger partial charge < -0.3 is 15.1 Å². The van der Waals surface area contributed by atoms with E-state index in [1.54, 1.807) is 18.0 Å². The highest BCUT2D eigenvalue weighted by molar-refractivity contribution is 5.82. The average Bonchev–Trinajstić information content (AvgIpc) is 2.60. The molecule has 1 aromatic carbocycles. The summed E-state index contributed by atoms with van der Waals surface area (Å²) < 4.78 is 26.8. The first-order valence-electron chi connectivity index (χ1n) is 8.01. The number of hydrogen-bond acceptors (Lipinski definition) is 5. The highest BCUT2D eigenvalue weighted by Gasteiger charge is 2.22. The molecular formula is C17H19F2N5O. The lowest BCUT2D eigenvalue weighted by atomic mass is 10.1. The van der Waals surface area contributed by atoms with Crippen LogP contribution < -0.4 is 10.2 Å². The lowest BCUT2D eigenvalue weighted by molar-refractivity contribution is -0.129. The van der Waals surface area contributed by atoms with Gasteiger partial charge in [0.15, 0.2) is 0 Å². The van der Waals surface area contributed by atoms with Crippen LogP contribution in [0.4, 0.5) is 20.4 Å². The minimum Gasteiger partial charge on any atom is -0.370 e. The number of piperazine rings is 1. The van der Waals surface area contributed by atoms with Crippen LogP contribution in [0.25, 0.3) is 0 Å². The summed E-state index contributed by atoms with van der Waals surface area (Å²) in [6.07, 6.45) is 1.75. The first-order valence-corrected chi connectivity index (χ1v) is 8.01. The molecule has 1 fully saturated rings. The van der Waals surface area contributed by atoms with E-state index in [-0.39, 0.29) is 12.5 Å². The number of amides is 1. The molecule has 2 heterocycles. The fourth-order valence-electron chi connectivity index (χ4n) is 2.63. The van der Waals surface area contributed by atoms with E-state index < -0.39 is 11.6 Å². The number of benzene rings is 1. The van der Waals surface area contributed by atoms with Crippen molar-refractivity contribution < 1.29 is 13.6 Å². The summed E-state index contributed by atoms with van der Waals surface area (Å²) >= 11 is 0. The van der Waals surface area contributed by atoms with E-state index >= 15 is 0 Å². The van der Waals surface area contributed by atoms with Gasteiger partial charge in [-0.15, -0.1) is 0 Å². The van der Waals surface area contributed by atoms with Crippen molar-refractivity contribution in [2.24, 2.45) is 0 Å². The lowest BCUT2D eigenvalue weighted by Crippen LogP contribution is -2.48. The van der Waals surface area contributed by atoms with Crippen LogP contribution in [0.2, 0.25) is 0 Å². The predicted octanol–water partition coefficient (Wildman–Crippen LogP) is 1.69. The van der Waals surface area contributed by atoms with Gasteiger partial charge in [0.25, 0.3) is 0 Å². The van der Waals surface area contributed by atoms with Gasteiger partial charge in [-0.25, -0.2) is 18.7 Å². The molecule has 1 aromatic heterocycles. The lowest BCUT2D eigenvalue weighted by Gasteiger charge is -2.32. The van der Waals surface area contributed by atoms with Gasteiger partial charge in [0.2, 0.25) is 5.91 Å². The highest BCUT2D eigenvalue weighted by Crippen LogP contribution is 2.17. The van der Waals surface area contributed by atoms with Crippen LogP contribution in [-0.4, -0.2) is 54.0 Å². The second kappa shape index (κ2) is 7.42. The van der Waals surface area contributed by atoms with Crippen LogP contribution >= 0.6 is 0 Å². The van der Waals surface area contributed by atoms with Crippen molar-refractivity contribution in [2.75, 3.05) is 43.4 Å². The minimum atomic E-state index is -0.458. The third kappa shape index (κ3) is 4.20. The third-order valence-electron chi connectivity index (χ3n) is 4.14. The van der Waals surface area contributed by atoms with Crippen LogP contribution in [0.3, 0.4) is 0 Å². The quantitative estimate of drug-likeness (QED) is 0.892. The van der Waals surface area contributed by atoms with E-state index in [1.807, 2.05) is 4.90 Å². The van der Waals surface area contributed by atoms with Crippen LogP contribution in [0, 0.1) is 11.6 Å². The monoisotopic (exact) mass is 347 g/mol. The number of aromatic nitrogens is 2. The van der Waals surface area contributed by atoms with Gasteiger partial charge in [0, 0.05) is 32.7 Å². The van der Waals surface area contributed by atoms with Crippen molar-refractivity contribution in [1.82, 2.24) is 14.9 Å². The standard InChI is InChI=1S/C17H19F2N5O/c1-23-6-7-24(10-17(23)25)16-9-15(21-11-22-16)20-5-4-12-8-13(18)2-3-14(12)19/h2-3,8-9,11H,4-7,10H2,1H3,(H,20,21,22). The molecule has 3 rings (SSSR count). The molecule has 0 spiro atoms. The molecule has 25 heavy (non-hydrogen) atoms. The number of anilines is 2. The van der Waals surface area contributed by atoms with Gasteiger partial charge in [-0.1, -0.05) is 0 Å². The zero-order valence-corrected chi connectivity index (χ0v) is 13.9. The van der Waals surface area contributed by atoms with Crippen molar-refractivity contribution in [2.45, 2.75) is 6.42 Å². The van der Waals surface area contributed by atoms with E-state index in [4.69, 9.17) is 0 Å². The van der Waals surface area contributed by atoms with Crippen molar-refractivity contribution >= 4 is 17.5 Å². The molecule has 0 aliphatic carbocycles. The maximum absolute atomic E-state index is 13.6. The molecule has 1 N–H and O–H groups in total. The molecule has 0 bridgehead atoms. The van der Waals surface area contributed by atoms with Crippen LogP contribution in [0.5, 0.6) is 0 Å². The van der Waals surface area contributed by atoms with Crippen LogP contribution in [0.1, 0.15) is 5.56 Å². The van der Waals surface area contributed by atoms with E-state index in [0.29, 0.717) is 43.3 Å². The summed E-state index contributed by atoms with van der Waals surface area (Å²) in [5, 5.41) is 3.08. The number of halogens is 2. The molecule has 2 aromatic rings. The number of likely N-dealkylation sites (N-methyl/N-ethyl adjacent to an activating group) is 1. The summed E-state index contributed by atoms with van der Waals surface area (Å²) in [4.78, 5) is 23.7. The number of nitrogens with zero attached hydrogens (tertiary/aromatic N) is 4. The average molecular weight is 347 g/mol. The van der Waals surface area contributed by atoms with Gasteiger partial charge in [-0.3, -0.25) is 4.79 Å². The second-order valence-corrected chi connectivity index (χ2v) is 5.91. The molecule has 8 heteroatoms. The molecule has 6 nitrogen and oxygen atoms in total. The number of rotatable bonds is 5. The van der Waals surface area contributed by atoms with Gasteiger partial charge in [0.05, 0.1) is 6.54 Å². The Bertz CT molecular complexity index is 770. The zero-order chi connectivity index (χ0) is 17.8. The summed E-state index contributed by atoms with van der Waals surface area (Å²) in [5.41, 5.74) is 0.312. The molecule has 0 radical (unpaired) electrons. The Kier molecular flexibility index (Phi) is 5.06. The topological polar surface area (TPSA) is 61.4 Å². The summed E-state index contributed by atoms with van der Waals surface area (Å²) in [5.74, 6) is 0.396. The SMILES string of the molecule is CN1CCN(c2cc(NCCc3cc(F)ccc3F)ncn2)CC1=O. The fourth-order valence-corrected chi connectivity index (χ4v) is 2.63. The second-order valence-electron chi connectivity index (χ2n) is 5.91. The Morgan fingerprint density at radius 1 is 1.20 bits per heavy atom. The van der Waals surface area contributed by atoms with Crippen molar-refractivity contribution in [3.8, 4) is 0 Å². The van der Waals surface area contributed by atoms with Gasteiger partial charge >= 0.3 is 0 Å². The van der Waals surface area contributed by atoms with Gasteiger partial charge in [-0.05, 0) is 30.2 Å². The smallest absolute Gasteiger partial charge is 0.241 e.